The van der Waals surface area contributed by atoms with Gasteiger partial charge < -0.3 is 5.32 Å². The van der Waals surface area contributed by atoms with Crippen LogP contribution in [0.3, 0.4) is 0 Å². The molecule has 1 aromatic heterocycles. The number of aromatic nitrogens is 1. The summed E-state index contributed by atoms with van der Waals surface area (Å²) in [6.07, 6.45) is 18.1. The molecule has 0 saturated heterocycles. The van der Waals surface area contributed by atoms with E-state index in [1.807, 2.05) is 18.6 Å². The van der Waals surface area contributed by atoms with Crippen LogP contribution < -0.4 is 5.32 Å². The van der Waals surface area contributed by atoms with Crippen molar-refractivity contribution in [1.82, 2.24) is 10.3 Å². The number of hydrogen-bond donors (Lipinski definition) is 1. The fourth-order valence-electron chi connectivity index (χ4n) is 7.62. The topological polar surface area (TPSA) is 24.9 Å². The van der Waals surface area contributed by atoms with Crippen molar-refractivity contribution in [3.63, 3.8) is 0 Å². The fourth-order valence-corrected chi connectivity index (χ4v) is 7.62. The molecule has 2 heteroatoms. The minimum absolute atomic E-state index is 0.282. The molecule has 1 aliphatic heterocycles. The van der Waals surface area contributed by atoms with Crippen molar-refractivity contribution in [2.24, 2.45) is 0 Å². The highest BCUT2D eigenvalue weighted by Crippen LogP contribution is 2.42. The third-order valence-corrected chi connectivity index (χ3v) is 9.94. The summed E-state index contributed by atoms with van der Waals surface area (Å²) >= 11 is 0. The maximum Gasteiger partial charge on any atom is 0.0334 e. The summed E-state index contributed by atoms with van der Waals surface area (Å²) in [6.45, 7) is 0.836. The molecule has 2 aliphatic rings. The average molecular weight is 615 g/mol. The highest BCUT2D eigenvalue weighted by Gasteiger charge is 2.19. The van der Waals surface area contributed by atoms with Crippen molar-refractivity contribution in [1.29, 1.82) is 0 Å². The second kappa shape index (κ2) is 12.0. The van der Waals surface area contributed by atoms with Crippen LogP contribution >= 0.6 is 0 Å². The summed E-state index contributed by atoms with van der Waals surface area (Å²) in [5.74, 6) is 0.282. The zero-order chi connectivity index (χ0) is 31.9. The van der Waals surface area contributed by atoms with Gasteiger partial charge in [0.05, 0.1) is 0 Å². The molecule has 6 aromatic carbocycles. The predicted octanol–water partition coefficient (Wildman–Crippen LogP) is 11.5. The first-order valence-corrected chi connectivity index (χ1v) is 16.8. The quantitative estimate of drug-likeness (QED) is 0.195. The van der Waals surface area contributed by atoms with Crippen molar-refractivity contribution in [2.75, 3.05) is 6.54 Å². The van der Waals surface area contributed by atoms with E-state index in [2.05, 4.69) is 162 Å². The maximum atomic E-state index is 4.26. The molecule has 0 fully saturated rings. The second-order valence-corrected chi connectivity index (χ2v) is 12.8. The van der Waals surface area contributed by atoms with E-state index in [9.17, 15) is 0 Å². The lowest BCUT2D eigenvalue weighted by Crippen LogP contribution is -2.08. The van der Waals surface area contributed by atoms with Crippen molar-refractivity contribution in [3.05, 3.63) is 187 Å². The van der Waals surface area contributed by atoms with Crippen molar-refractivity contribution in [3.8, 4) is 22.3 Å². The van der Waals surface area contributed by atoms with Crippen LogP contribution in [0.25, 0.3) is 65.7 Å². The molecule has 2 heterocycles. The van der Waals surface area contributed by atoms with Gasteiger partial charge in [-0.3, -0.25) is 4.98 Å². The minimum atomic E-state index is 0.282. The van der Waals surface area contributed by atoms with Gasteiger partial charge in [0.2, 0.25) is 0 Å². The molecule has 7 aromatic rings. The number of fused-ring (bicyclic) bond motifs is 6. The number of benzene rings is 6. The molecule has 0 radical (unpaired) electrons. The molecule has 0 amide bonds. The Balaban J connectivity index is 1.11. The molecular formula is C46H34N2. The van der Waals surface area contributed by atoms with E-state index in [0.29, 0.717) is 0 Å². The van der Waals surface area contributed by atoms with Crippen molar-refractivity contribution >= 4 is 43.5 Å². The lowest BCUT2D eigenvalue weighted by atomic mass is 9.82. The van der Waals surface area contributed by atoms with Gasteiger partial charge in [-0.2, -0.15) is 0 Å². The van der Waals surface area contributed by atoms with Gasteiger partial charge in [-0.1, -0.05) is 115 Å². The number of allylic oxidation sites excluding steroid dienone is 6. The first-order valence-electron chi connectivity index (χ1n) is 16.8. The van der Waals surface area contributed by atoms with Crippen LogP contribution in [0.15, 0.2) is 170 Å². The molecular weight excluding hydrogens is 581 g/mol. The van der Waals surface area contributed by atoms with E-state index >= 15 is 0 Å². The zero-order valence-electron chi connectivity index (χ0n) is 26.6. The second-order valence-electron chi connectivity index (χ2n) is 12.8. The third-order valence-electron chi connectivity index (χ3n) is 9.94. The van der Waals surface area contributed by atoms with E-state index in [-0.39, 0.29) is 5.92 Å². The number of pyridine rings is 1. The Morgan fingerprint density at radius 1 is 0.583 bits per heavy atom. The number of dihydropyridines is 1. The maximum absolute atomic E-state index is 4.26. The SMILES string of the molecule is C1=CC(c2cccc(-c3cc(C4=CCNC=C4)cc(-c4ccncc4)c3)c2)CC(c2cccc3c4ccccc4c4ccccc4c23)=C1. The Hall–Kier alpha value is -5.99. The van der Waals surface area contributed by atoms with Crippen LogP contribution in [0.1, 0.15) is 29.0 Å². The summed E-state index contributed by atoms with van der Waals surface area (Å²) in [4.78, 5) is 4.26. The molecule has 0 spiro atoms. The van der Waals surface area contributed by atoms with Crippen LogP contribution in [-0.2, 0) is 0 Å². The third kappa shape index (κ3) is 5.03. The summed E-state index contributed by atoms with van der Waals surface area (Å²) in [7, 11) is 0. The minimum Gasteiger partial charge on any atom is -0.387 e. The Labute approximate surface area is 281 Å². The van der Waals surface area contributed by atoms with E-state index in [1.165, 1.54) is 82.4 Å². The van der Waals surface area contributed by atoms with Crippen LogP contribution in [0.2, 0.25) is 0 Å². The number of nitrogens with one attached hydrogen (secondary N) is 1. The highest BCUT2D eigenvalue weighted by atomic mass is 14.8. The van der Waals surface area contributed by atoms with Crippen molar-refractivity contribution in [2.45, 2.75) is 12.3 Å². The number of nitrogens with zero attached hydrogens (tertiary/aromatic N) is 1. The molecule has 228 valence electrons. The van der Waals surface area contributed by atoms with E-state index in [1.54, 1.807) is 0 Å². The Morgan fingerprint density at radius 2 is 1.25 bits per heavy atom. The molecule has 2 nitrogen and oxygen atoms in total. The summed E-state index contributed by atoms with van der Waals surface area (Å²) in [5.41, 5.74) is 11.3. The predicted molar refractivity (Wildman–Crippen MR) is 204 cm³/mol. The zero-order valence-corrected chi connectivity index (χ0v) is 26.6. The lowest BCUT2D eigenvalue weighted by Gasteiger charge is -2.22. The van der Waals surface area contributed by atoms with Gasteiger partial charge in [0, 0.05) is 24.9 Å². The number of rotatable bonds is 5. The van der Waals surface area contributed by atoms with Crippen LogP contribution in [-0.4, -0.2) is 11.5 Å². The van der Waals surface area contributed by atoms with Crippen molar-refractivity contribution < 1.29 is 0 Å². The highest BCUT2D eigenvalue weighted by molar-refractivity contribution is 6.27. The van der Waals surface area contributed by atoms with Gasteiger partial charge in [-0.05, 0) is 131 Å². The van der Waals surface area contributed by atoms with Gasteiger partial charge in [0.25, 0.3) is 0 Å². The average Bonchev–Trinajstić information content (AvgIpc) is 3.18. The Kier molecular flexibility index (Phi) is 7.05. The molecule has 0 bridgehead atoms. The fraction of sp³-hybridized carbons (Fsp3) is 0.0652. The van der Waals surface area contributed by atoms with Gasteiger partial charge in [0.15, 0.2) is 0 Å². The van der Waals surface area contributed by atoms with E-state index < -0.39 is 0 Å². The Bertz CT molecular complexity index is 2430. The largest absolute Gasteiger partial charge is 0.387 e. The first kappa shape index (κ1) is 28.3. The smallest absolute Gasteiger partial charge is 0.0334 e. The molecule has 0 saturated carbocycles. The number of hydrogen-bond acceptors (Lipinski definition) is 2. The monoisotopic (exact) mass is 614 g/mol. The normalized spacial score (nSPS) is 15.8. The Morgan fingerprint density at radius 3 is 2.00 bits per heavy atom. The van der Waals surface area contributed by atoms with E-state index in [4.69, 9.17) is 0 Å². The van der Waals surface area contributed by atoms with Gasteiger partial charge >= 0.3 is 0 Å². The molecule has 1 aliphatic carbocycles. The van der Waals surface area contributed by atoms with Crippen LogP contribution in [0.5, 0.6) is 0 Å². The summed E-state index contributed by atoms with van der Waals surface area (Å²) in [6, 6.07) is 44.8. The first-order chi connectivity index (χ1) is 23.8. The van der Waals surface area contributed by atoms with E-state index in [0.717, 1.165) is 13.0 Å². The van der Waals surface area contributed by atoms with Gasteiger partial charge in [0.1, 0.15) is 0 Å². The van der Waals surface area contributed by atoms with Crippen LogP contribution in [0.4, 0.5) is 0 Å². The summed E-state index contributed by atoms with van der Waals surface area (Å²) < 4.78 is 0. The molecule has 1 atom stereocenters. The molecule has 48 heavy (non-hydrogen) atoms. The summed E-state index contributed by atoms with van der Waals surface area (Å²) in [5, 5.41) is 11.2. The molecule has 1 N–H and O–H groups in total. The molecule has 1 unspecified atom stereocenters. The van der Waals surface area contributed by atoms with Gasteiger partial charge in [-0.25, -0.2) is 0 Å². The van der Waals surface area contributed by atoms with Gasteiger partial charge in [-0.15, -0.1) is 0 Å². The van der Waals surface area contributed by atoms with Crippen LogP contribution in [0, 0.1) is 0 Å². The lowest BCUT2D eigenvalue weighted by molar-refractivity contribution is 0.869. The standard InChI is InChI=1S/C46H34N2/c1-2-13-43-41(12-1)42-14-3-4-15-44(42)46-40(16-7-17-45(43)46)36-11-6-9-34(27-36)33-8-5-10-35(26-33)39-29-37(31-18-22-47-23-19-31)28-38(30-39)32-20-24-48-25-21-32/h1-24,26,28-30,34,48H,25,27H2. The molecule has 9 rings (SSSR count).